The number of aryl methyl sites for hydroxylation is 4. The van der Waals surface area contributed by atoms with Crippen LogP contribution in [0.25, 0.3) is 0 Å². The number of unbranched alkanes of at least 4 members (excludes halogenated alkanes) is 1. The molecule has 1 heterocycles. The number of hydrogen-bond acceptors (Lipinski definition) is 4. The van der Waals surface area contributed by atoms with Crippen LogP contribution in [0, 0.1) is 6.92 Å². The zero-order chi connectivity index (χ0) is 21.9. The highest BCUT2D eigenvalue weighted by Crippen LogP contribution is 2.08. The van der Waals surface area contributed by atoms with Crippen LogP contribution in [0.3, 0.4) is 0 Å². The third-order valence-corrected chi connectivity index (χ3v) is 5.09. The van der Waals surface area contributed by atoms with Gasteiger partial charge in [-0.25, -0.2) is 4.79 Å². The highest BCUT2D eigenvalue weighted by molar-refractivity contribution is 5.67. The Labute approximate surface area is 182 Å². The lowest BCUT2D eigenvalue weighted by molar-refractivity contribution is 0.139. The van der Waals surface area contributed by atoms with Crippen molar-refractivity contribution in [2.75, 3.05) is 6.54 Å². The minimum Gasteiger partial charge on any atom is -0.445 e. The molecule has 0 aliphatic rings. The maximum Gasteiger partial charge on any atom is 0.407 e. The molecule has 0 bridgehead atoms. The van der Waals surface area contributed by atoms with E-state index < -0.39 is 6.09 Å². The van der Waals surface area contributed by atoms with Gasteiger partial charge in [-0.1, -0.05) is 60.7 Å². The summed E-state index contributed by atoms with van der Waals surface area (Å²) in [5.74, 6) is 0. The fourth-order valence-corrected chi connectivity index (χ4v) is 3.33. The third kappa shape index (κ3) is 7.41. The molecule has 2 aromatic carbocycles. The Bertz CT molecular complexity index is 1020. The van der Waals surface area contributed by atoms with E-state index in [1.165, 1.54) is 5.56 Å². The summed E-state index contributed by atoms with van der Waals surface area (Å²) in [4.78, 5) is 31.7. The SMILES string of the molecule is Cc1nc(CCCCNC(=O)OCc2ccccc2)c(=O)[nH]c1CCc1ccccc1. The van der Waals surface area contributed by atoms with Crippen molar-refractivity contribution in [1.29, 1.82) is 0 Å². The molecule has 3 rings (SSSR count). The second-order valence-corrected chi connectivity index (χ2v) is 7.51. The van der Waals surface area contributed by atoms with Gasteiger partial charge in [-0.2, -0.15) is 0 Å². The molecule has 2 N–H and O–H groups in total. The van der Waals surface area contributed by atoms with Gasteiger partial charge in [-0.3, -0.25) is 9.78 Å². The topological polar surface area (TPSA) is 84.1 Å². The van der Waals surface area contributed by atoms with E-state index in [2.05, 4.69) is 27.4 Å². The van der Waals surface area contributed by atoms with Crippen LogP contribution in [0.15, 0.2) is 65.5 Å². The molecule has 6 heteroatoms. The van der Waals surface area contributed by atoms with Gasteiger partial charge < -0.3 is 15.0 Å². The summed E-state index contributed by atoms with van der Waals surface area (Å²) in [7, 11) is 0. The minimum atomic E-state index is -0.432. The molecule has 0 radical (unpaired) electrons. The summed E-state index contributed by atoms with van der Waals surface area (Å²) >= 11 is 0. The number of H-pyrrole nitrogens is 1. The number of aromatic amines is 1. The van der Waals surface area contributed by atoms with E-state index >= 15 is 0 Å². The molecule has 0 saturated heterocycles. The molecule has 0 fully saturated rings. The monoisotopic (exact) mass is 419 g/mol. The van der Waals surface area contributed by atoms with Gasteiger partial charge in [0.1, 0.15) is 12.3 Å². The molecule has 162 valence electrons. The van der Waals surface area contributed by atoms with Crippen molar-refractivity contribution >= 4 is 6.09 Å². The molecule has 3 aromatic rings. The first-order valence-electron chi connectivity index (χ1n) is 10.7. The summed E-state index contributed by atoms with van der Waals surface area (Å²) in [6.07, 6.45) is 3.28. The predicted octanol–water partition coefficient (Wildman–Crippen LogP) is 4.11. The number of nitrogens with zero attached hydrogens (tertiary/aromatic N) is 1. The third-order valence-electron chi connectivity index (χ3n) is 5.09. The Balaban J connectivity index is 1.37. The van der Waals surface area contributed by atoms with Crippen LogP contribution in [0.5, 0.6) is 0 Å². The zero-order valence-corrected chi connectivity index (χ0v) is 17.9. The van der Waals surface area contributed by atoms with E-state index in [0.717, 1.165) is 42.6 Å². The van der Waals surface area contributed by atoms with E-state index in [9.17, 15) is 9.59 Å². The van der Waals surface area contributed by atoms with Crippen LogP contribution in [-0.2, 0) is 30.6 Å². The number of alkyl carbamates (subject to hydrolysis) is 1. The van der Waals surface area contributed by atoms with Gasteiger partial charge in [0.05, 0.1) is 5.69 Å². The number of amides is 1. The van der Waals surface area contributed by atoms with Crippen LogP contribution in [0.4, 0.5) is 4.79 Å². The van der Waals surface area contributed by atoms with Gasteiger partial charge in [-0.05, 0) is 50.2 Å². The van der Waals surface area contributed by atoms with E-state index in [1.807, 2.05) is 55.5 Å². The standard InChI is InChI=1S/C25H29N3O3/c1-19-22(16-15-20-10-4-2-5-11-20)28-24(29)23(27-19)14-8-9-17-26-25(30)31-18-21-12-6-3-7-13-21/h2-7,10-13H,8-9,14-18H2,1H3,(H,26,30)(H,28,29). The molecule has 6 nitrogen and oxygen atoms in total. The van der Waals surface area contributed by atoms with Gasteiger partial charge in [0.15, 0.2) is 0 Å². The average Bonchev–Trinajstić information content (AvgIpc) is 2.80. The normalized spacial score (nSPS) is 10.6. The number of nitrogens with one attached hydrogen (secondary N) is 2. The van der Waals surface area contributed by atoms with Crippen molar-refractivity contribution in [2.45, 2.75) is 45.6 Å². The molecule has 0 unspecified atom stereocenters. The molecule has 0 spiro atoms. The second kappa shape index (κ2) is 11.7. The molecule has 0 atom stereocenters. The van der Waals surface area contributed by atoms with Crippen molar-refractivity contribution in [1.82, 2.24) is 15.3 Å². The first-order valence-corrected chi connectivity index (χ1v) is 10.7. The molecule has 0 saturated carbocycles. The highest BCUT2D eigenvalue weighted by atomic mass is 16.5. The maximum atomic E-state index is 12.4. The molecule has 31 heavy (non-hydrogen) atoms. The number of benzene rings is 2. The number of ether oxygens (including phenoxy) is 1. The number of carbonyl (C=O) groups is 1. The average molecular weight is 420 g/mol. The van der Waals surface area contributed by atoms with Gasteiger partial charge in [0, 0.05) is 12.2 Å². The van der Waals surface area contributed by atoms with Crippen LogP contribution in [0.2, 0.25) is 0 Å². The number of hydrogen-bond donors (Lipinski definition) is 2. The van der Waals surface area contributed by atoms with Gasteiger partial charge in [0.2, 0.25) is 0 Å². The van der Waals surface area contributed by atoms with E-state index in [4.69, 9.17) is 4.74 Å². The number of rotatable bonds is 10. The van der Waals surface area contributed by atoms with Crippen LogP contribution < -0.4 is 10.9 Å². The molecule has 0 aliphatic heterocycles. The molecular formula is C25H29N3O3. The Hall–Kier alpha value is -3.41. The Morgan fingerprint density at radius 3 is 2.32 bits per heavy atom. The number of carbonyl (C=O) groups excluding carboxylic acids is 1. The summed E-state index contributed by atoms with van der Waals surface area (Å²) in [5, 5.41) is 2.74. The van der Waals surface area contributed by atoms with Gasteiger partial charge in [-0.15, -0.1) is 0 Å². The molecule has 1 aromatic heterocycles. The molecule has 1 amide bonds. The lowest BCUT2D eigenvalue weighted by Crippen LogP contribution is -2.25. The van der Waals surface area contributed by atoms with Gasteiger partial charge >= 0.3 is 6.09 Å². The largest absolute Gasteiger partial charge is 0.445 e. The van der Waals surface area contributed by atoms with Crippen LogP contribution in [-0.4, -0.2) is 22.6 Å². The first kappa shape index (κ1) is 22.3. The van der Waals surface area contributed by atoms with Crippen molar-refractivity contribution in [3.63, 3.8) is 0 Å². The molecule has 0 aliphatic carbocycles. The van der Waals surface area contributed by atoms with Crippen LogP contribution >= 0.6 is 0 Å². The predicted molar refractivity (Wildman–Crippen MR) is 121 cm³/mol. The molecular weight excluding hydrogens is 390 g/mol. The Kier molecular flexibility index (Phi) is 8.40. The minimum absolute atomic E-state index is 0.121. The van der Waals surface area contributed by atoms with Crippen molar-refractivity contribution in [2.24, 2.45) is 0 Å². The fraction of sp³-hybridized carbons (Fsp3) is 0.320. The fourth-order valence-electron chi connectivity index (χ4n) is 3.33. The van der Waals surface area contributed by atoms with Crippen molar-refractivity contribution in [3.05, 3.63) is 99.2 Å². The lowest BCUT2D eigenvalue weighted by Gasteiger charge is -2.09. The van der Waals surface area contributed by atoms with Crippen molar-refractivity contribution < 1.29 is 9.53 Å². The summed E-state index contributed by atoms with van der Waals surface area (Å²) in [5.41, 5.74) is 4.37. The summed E-state index contributed by atoms with van der Waals surface area (Å²) < 4.78 is 5.18. The Morgan fingerprint density at radius 2 is 1.61 bits per heavy atom. The lowest BCUT2D eigenvalue weighted by atomic mass is 10.1. The maximum absolute atomic E-state index is 12.4. The van der Waals surface area contributed by atoms with Crippen molar-refractivity contribution in [3.8, 4) is 0 Å². The van der Waals surface area contributed by atoms with E-state index in [1.54, 1.807) is 0 Å². The summed E-state index contributed by atoms with van der Waals surface area (Å²) in [6, 6.07) is 19.8. The smallest absolute Gasteiger partial charge is 0.407 e. The Morgan fingerprint density at radius 1 is 0.935 bits per heavy atom. The summed E-state index contributed by atoms with van der Waals surface area (Å²) in [6.45, 7) is 2.69. The van der Waals surface area contributed by atoms with Gasteiger partial charge in [0.25, 0.3) is 5.56 Å². The second-order valence-electron chi connectivity index (χ2n) is 7.51. The highest BCUT2D eigenvalue weighted by Gasteiger charge is 2.08. The first-order chi connectivity index (χ1) is 15.1. The van der Waals surface area contributed by atoms with E-state index in [-0.39, 0.29) is 12.2 Å². The zero-order valence-electron chi connectivity index (χ0n) is 17.9. The van der Waals surface area contributed by atoms with E-state index in [0.29, 0.717) is 18.7 Å². The number of aromatic nitrogens is 2. The van der Waals surface area contributed by atoms with Crippen LogP contribution in [0.1, 0.15) is 41.1 Å². The quantitative estimate of drug-likeness (QED) is 0.484.